The lowest BCUT2D eigenvalue weighted by Gasteiger charge is -2.25. The van der Waals surface area contributed by atoms with Gasteiger partial charge in [0.25, 0.3) is 11.7 Å². The molecule has 0 saturated carbocycles. The zero-order chi connectivity index (χ0) is 23.5. The Hall–Kier alpha value is -4.06. The molecule has 1 fully saturated rings. The first kappa shape index (κ1) is 22.1. The minimum absolute atomic E-state index is 0.0394. The normalized spacial score (nSPS) is 17.3. The van der Waals surface area contributed by atoms with Crippen molar-refractivity contribution in [2.75, 3.05) is 18.6 Å². The van der Waals surface area contributed by atoms with E-state index < -0.39 is 17.7 Å². The highest BCUT2D eigenvalue weighted by Crippen LogP contribution is 2.42. The van der Waals surface area contributed by atoms with Gasteiger partial charge in [0, 0.05) is 11.3 Å². The molecule has 0 spiro atoms. The van der Waals surface area contributed by atoms with Gasteiger partial charge in [0.15, 0.2) is 0 Å². The Morgan fingerprint density at radius 3 is 2.30 bits per heavy atom. The SMILES string of the molecule is CCOc1ccc(/C(O)=C2/C(=O)C(=O)N(c3ccccc3)C2c2ccc(OC)cc2)cc1C. The smallest absolute Gasteiger partial charge is 0.300 e. The standard InChI is InChI=1S/C27H25NO5/c1-4-33-22-15-12-19(16-17(22)2)25(29)23-24(18-10-13-21(32-3)14-11-18)28(27(31)26(23)30)20-8-6-5-7-9-20/h5-16,24,29H,4H2,1-3H3/b25-23-. The van der Waals surface area contributed by atoms with E-state index in [4.69, 9.17) is 9.47 Å². The summed E-state index contributed by atoms with van der Waals surface area (Å²) >= 11 is 0. The van der Waals surface area contributed by atoms with E-state index in [1.54, 1.807) is 73.8 Å². The molecule has 33 heavy (non-hydrogen) atoms. The van der Waals surface area contributed by atoms with Crippen LogP contribution < -0.4 is 14.4 Å². The number of aliphatic hydroxyl groups is 1. The molecule has 1 unspecified atom stereocenters. The Kier molecular flexibility index (Phi) is 6.18. The molecule has 1 saturated heterocycles. The molecule has 0 aliphatic carbocycles. The van der Waals surface area contributed by atoms with E-state index in [0.717, 1.165) is 5.56 Å². The van der Waals surface area contributed by atoms with Gasteiger partial charge < -0.3 is 14.6 Å². The van der Waals surface area contributed by atoms with E-state index >= 15 is 0 Å². The Bertz CT molecular complexity index is 1220. The third-order valence-corrected chi connectivity index (χ3v) is 5.66. The molecule has 1 amide bonds. The number of Topliss-reactive ketones (excluding diaryl/α,β-unsaturated/α-hetero) is 1. The number of amides is 1. The van der Waals surface area contributed by atoms with Crippen molar-refractivity contribution >= 4 is 23.1 Å². The number of carbonyl (C=O) groups excluding carboxylic acids is 2. The molecule has 1 aliphatic heterocycles. The van der Waals surface area contributed by atoms with E-state index in [1.165, 1.54) is 4.90 Å². The molecule has 6 nitrogen and oxygen atoms in total. The van der Waals surface area contributed by atoms with Crippen molar-refractivity contribution in [2.45, 2.75) is 19.9 Å². The number of ether oxygens (including phenoxy) is 2. The van der Waals surface area contributed by atoms with Gasteiger partial charge in [0.1, 0.15) is 17.3 Å². The van der Waals surface area contributed by atoms with Gasteiger partial charge >= 0.3 is 0 Å². The molecule has 1 aliphatic rings. The van der Waals surface area contributed by atoms with E-state index in [0.29, 0.717) is 34.9 Å². The number of hydrogen-bond acceptors (Lipinski definition) is 5. The molecular weight excluding hydrogens is 418 g/mol. The lowest BCUT2D eigenvalue weighted by Crippen LogP contribution is -2.29. The van der Waals surface area contributed by atoms with Crippen LogP contribution in [0.1, 0.15) is 29.7 Å². The molecule has 3 aromatic rings. The third-order valence-electron chi connectivity index (χ3n) is 5.66. The van der Waals surface area contributed by atoms with E-state index in [9.17, 15) is 14.7 Å². The zero-order valence-corrected chi connectivity index (χ0v) is 18.7. The number of ketones is 1. The molecule has 1 heterocycles. The number of rotatable bonds is 6. The average molecular weight is 443 g/mol. The van der Waals surface area contributed by atoms with Gasteiger partial charge in [0.2, 0.25) is 0 Å². The lowest BCUT2D eigenvalue weighted by atomic mass is 9.94. The van der Waals surface area contributed by atoms with Gasteiger partial charge in [-0.05, 0) is 67.4 Å². The predicted molar refractivity (Wildman–Crippen MR) is 127 cm³/mol. The highest BCUT2D eigenvalue weighted by atomic mass is 16.5. The molecule has 3 aromatic carbocycles. The van der Waals surface area contributed by atoms with Crippen LogP contribution in [0.25, 0.3) is 5.76 Å². The van der Waals surface area contributed by atoms with E-state index in [2.05, 4.69) is 0 Å². The Morgan fingerprint density at radius 2 is 1.70 bits per heavy atom. The van der Waals surface area contributed by atoms with Gasteiger partial charge in [-0.15, -0.1) is 0 Å². The number of methoxy groups -OCH3 is 1. The second-order valence-electron chi connectivity index (χ2n) is 7.69. The van der Waals surface area contributed by atoms with Crippen LogP contribution in [0.2, 0.25) is 0 Å². The van der Waals surface area contributed by atoms with Crippen LogP contribution in [-0.2, 0) is 9.59 Å². The van der Waals surface area contributed by atoms with E-state index in [-0.39, 0.29) is 11.3 Å². The van der Waals surface area contributed by atoms with Crippen molar-refractivity contribution in [2.24, 2.45) is 0 Å². The van der Waals surface area contributed by atoms with Gasteiger partial charge in [-0.3, -0.25) is 14.5 Å². The lowest BCUT2D eigenvalue weighted by molar-refractivity contribution is -0.132. The van der Waals surface area contributed by atoms with Crippen molar-refractivity contribution in [3.8, 4) is 11.5 Å². The minimum atomic E-state index is -0.787. The molecule has 0 bridgehead atoms. The van der Waals surface area contributed by atoms with E-state index in [1.807, 2.05) is 19.9 Å². The fourth-order valence-corrected chi connectivity index (χ4v) is 4.06. The van der Waals surface area contributed by atoms with Crippen LogP contribution in [-0.4, -0.2) is 30.5 Å². The van der Waals surface area contributed by atoms with Crippen LogP contribution in [0.5, 0.6) is 11.5 Å². The maximum atomic E-state index is 13.2. The Labute approximate surface area is 192 Å². The summed E-state index contributed by atoms with van der Waals surface area (Å²) in [5.41, 5.74) is 2.56. The molecular formula is C27H25NO5. The molecule has 1 N–H and O–H groups in total. The van der Waals surface area contributed by atoms with Crippen molar-refractivity contribution in [3.63, 3.8) is 0 Å². The van der Waals surface area contributed by atoms with Gasteiger partial charge in [-0.25, -0.2) is 0 Å². The summed E-state index contributed by atoms with van der Waals surface area (Å²) < 4.78 is 10.8. The zero-order valence-electron chi connectivity index (χ0n) is 18.7. The number of hydrogen-bond donors (Lipinski definition) is 1. The number of aliphatic hydroxyl groups excluding tert-OH is 1. The minimum Gasteiger partial charge on any atom is -0.507 e. The molecule has 4 rings (SSSR count). The topological polar surface area (TPSA) is 76.1 Å². The van der Waals surface area contributed by atoms with Crippen LogP contribution >= 0.6 is 0 Å². The fourth-order valence-electron chi connectivity index (χ4n) is 4.06. The van der Waals surface area contributed by atoms with Crippen LogP contribution in [0.3, 0.4) is 0 Å². The highest BCUT2D eigenvalue weighted by molar-refractivity contribution is 6.51. The molecule has 0 radical (unpaired) electrons. The molecule has 6 heteroatoms. The number of nitrogens with zero attached hydrogens (tertiary/aromatic N) is 1. The average Bonchev–Trinajstić information content (AvgIpc) is 3.11. The van der Waals surface area contributed by atoms with Gasteiger partial charge in [-0.2, -0.15) is 0 Å². The summed E-state index contributed by atoms with van der Waals surface area (Å²) in [6.45, 7) is 4.28. The number of carbonyl (C=O) groups is 2. The summed E-state index contributed by atoms with van der Waals surface area (Å²) in [7, 11) is 1.57. The number of para-hydroxylation sites is 1. The van der Waals surface area contributed by atoms with Gasteiger partial charge in [-0.1, -0.05) is 30.3 Å². The largest absolute Gasteiger partial charge is 0.507 e. The maximum Gasteiger partial charge on any atom is 0.300 e. The Morgan fingerprint density at radius 1 is 1.00 bits per heavy atom. The molecule has 1 atom stereocenters. The maximum absolute atomic E-state index is 13.2. The Balaban J connectivity index is 1.89. The van der Waals surface area contributed by atoms with Crippen molar-refractivity contribution in [1.29, 1.82) is 0 Å². The van der Waals surface area contributed by atoms with Crippen molar-refractivity contribution < 1.29 is 24.2 Å². The van der Waals surface area contributed by atoms with Gasteiger partial charge in [0.05, 0.1) is 25.3 Å². The monoisotopic (exact) mass is 443 g/mol. The number of anilines is 1. The predicted octanol–water partition coefficient (Wildman–Crippen LogP) is 5.03. The second kappa shape index (κ2) is 9.20. The second-order valence-corrected chi connectivity index (χ2v) is 7.69. The first-order valence-corrected chi connectivity index (χ1v) is 10.7. The summed E-state index contributed by atoms with van der Waals surface area (Å²) in [6.07, 6.45) is 0. The van der Waals surface area contributed by atoms with Crippen LogP contribution in [0.4, 0.5) is 5.69 Å². The first-order valence-electron chi connectivity index (χ1n) is 10.7. The molecule has 168 valence electrons. The third kappa shape index (κ3) is 4.07. The van der Waals surface area contributed by atoms with Crippen molar-refractivity contribution in [3.05, 3.63) is 95.1 Å². The quantitative estimate of drug-likeness (QED) is 0.329. The summed E-state index contributed by atoms with van der Waals surface area (Å²) in [5.74, 6) is -0.295. The van der Waals surface area contributed by atoms with Crippen molar-refractivity contribution in [1.82, 2.24) is 0 Å². The van der Waals surface area contributed by atoms with Crippen LogP contribution in [0.15, 0.2) is 78.4 Å². The number of aryl methyl sites for hydroxylation is 1. The summed E-state index contributed by atoms with van der Waals surface area (Å²) in [5, 5.41) is 11.3. The van der Waals surface area contributed by atoms with Crippen LogP contribution in [0, 0.1) is 6.92 Å². The fraction of sp³-hybridized carbons (Fsp3) is 0.185. The highest BCUT2D eigenvalue weighted by Gasteiger charge is 2.46. The molecule has 0 aromatic heterocycles. The number of benzene rings is 3. The first-order chi connectivity index (χ1) is 16.0. The summed E-state index contributed by atoms with van der Waals surface area (Å²) in [4.78, 5) is 27.8. The summed E-state index contributed by atoms with van der Waals surface area (Å²) in [6, 6.07) is 20.5.